The van der Waals surface area contributed by atoms with Crippen molar-refractivity contribution in [3.05, 3.63) is 23.0 Å². The molecule has 1 aromatic rings. The second kappa shape index (κ2) is 5.88. The molecule has 6 nitrogen and oxygen atoms in total. The summed E-state index contributed by atoms with van der Waals surface area (Å²) >= 11 is 5.91. The average Bonchev–Trinajstić information content (AvgIpc) is 2.38. The molecule has 0 bridgehead atoms. The molecule has 0 radical (unpaired) electrons. The van der Waals surface area contributed by atoms with Crippen LogP contribution in [0.3, 0.4) is 0 Å². The fourth-order valence-corrected chi connectivity index (χ4v) is 2.01. The number of anilines is 1. The highest BCUT2D eigenvalue weighted by molar-refractivity contribution is 6.31. The number of amides is 3. The van der Waals surface area contributed by atoms with Gasteiger partial charge in [-0.15, -0.1) is 0 Å². The Morgan fingerprint density at radius 2 is 2.32 bits per heavy atom. The normalized spacial score (nSPS) is 18.6. The van der Waals surface area contributed by atoms with Crippen molar-refractivity contribution in [1.82, 2.24) is 15.6 Å². The fraction of sp³-hybridized carbons (Fsp3) is 0.417. The van der Waals surface area contributed by atoms with Crippen LogP contribution in [-0.2, 0) is 4.79 Å². The molecule has 0 saturated carbocycles. The van der Waals surface area contributed by atoms with Gasteiger partial charge in [-0.25, -0.2) is 4.79 Å². The van der Waals surface area contributed by atoms with Crippen molar-refractivity contribution < 1.29 is 9.59 Å². The smallest absolute Gasteiger partial charge is 0.319 e. The van der Waals surface area contributed by atoms with Gasteiger partial charge in [0.25, 0.3) is 0 Å². The zero-order valence-electron chi connectivity index (χ0n) is 10.5. The third kappa shape index (κ3) is 3.35. The quantitative estimate of drug-likeness (QED) is 0.767. The van der Waals surface area contributed by atoms with Gasteiger partial charge in [-0.3, -0.25) is 9.78 Å². The topological polar surface area (TPSA) is 83.1 Å². The fourth-order valence-electron chi connectivity index (χ4n) is 1.85. The van der Waals surface area contributed by atoms with Gasteiger partial charge in [0, 0.05) is 12.7 Å². The molecular weight excluding hydrogens is 268 g/mol. The van der Waals surface area contributed by atoms with E-state index in [2.05, 4.69) is 20.9 Å². The van der Waals surface area contributed by atoms with Crippen molar-refractivity contribution in [2.75, 3.05) is 11.9 Å². The van der Waals surface area contributed by atoms with Gasteiger partial charge >= 0.3 is 6.03 Å². The van der Waals surface area contributed by atoms with E-state index in [1.807, 2.05) is 0 Å². The summed E-state index contributed by atoms with van der Waals surface area (Å²) in [5, 5.41) is 8.46. The highest BCUT2D eigenvalue weighted by Gasteiger charge is 2.23. The first-order chi connectivity index (χ1) is 9.08. The summed E-state index contributed by atoms with van der Waals surface area (Å²) in [4.78, 5) is 27.2. The SMILES string of the molecule is Cc1c(Cl)cncc1NC(=O)N[C@H]1CCCNC1=O. The molecule has 0 spiro atoms. The number of hydrogen-bond acceptors (Lipinski definition) is 3. The second-order valence-corrected chi connectivity index (χ2v) is 4.79. The minimum atomic E-state index is -0.485. The molecule has 2 heterocycles. The van der Waals surface area contributed by atoms with Crippen LogP contribution in [0.5, 0.6) is 0 Å². The molecule has 3 N–H and O–H groups in total. The van der Waals surface area contributed by atoms with Gasteiger partial charge in [0.15, 0.2) is 0 Å². The summed E-state index contributed by atoms with van der Waals surface area (Å²) < 4.78 is 0. The summed E-state index contributed by atoms with van der Waals surface area (Å²) in [6, 6.07) is -0.921. The summed E-state index contributed by atoms with van der Waals surface area (Å²) in [7, 11) is 0. The molecule has 0 aromatic carbocycles. The van der Waals surface area contributed by atoms with Crippen molar-refractivity contribution in [1.29, 1.82) is 0 Å². The second-order valence-electron chi connectivity index (χ2n) is 4.38. The molecule has 0 unspecified atom stereocenters. The first kappa shape index (κ1) is 13.6. The van der Waals surface area contributed by atoms with Crippen LogP contribution in [-0.4, -0.2) is 29.5 Å². The minimum absolute atomic E-state index is 0.151. The van der Waals surface area contributed by atoms with E-state index in [1.54, 1.807) is 6.92 Å². The van der Waals surface area contributed by atoms with E-state index < -0.39 is 12.1 Å². The first-order valence-corrected chi connectivity index (χ1v) is 6.41. The number of carbonyl (C=O) groups is 2. The Kier molecular flexibility index (Phi) is 4.21. The lowest BCUT2D eigenvalue weighted by molar-refractivity contribution is -0.124. The van der Waals surface area contributed by atoms with Gasteiger partial charge in [-0.2, -0.15) is 0 Å². The molecule has 102 valence electrons. The molecule has 0 aliphatic carbocycles. The summed E-state index contributed by atoms with van der Waals surface area (Å²) in [6.45, 7) is 2.45. The predicted molar refractivity (Wildman–Crippen MR) is 72.2 cm³/mol. The van der Waals surface area contributed by atoms with E-state index in [0.717, 1.165) is 12.0 Å². The number of carbonyl (C=O) groups excluding carboxylic acids is 2. The van der Waals surface area contributed by atoms with Crippen LogP contribution < -0.4 is 16.0 Å². The van der Waals surface area contributed by atoms with Gasteiger partial charge in [0.2, 0.25) is 5.91 Å². The van der Waals surface area contributed by atoms with E-state index >= 15 is 0 Å². The van der Waals surface area contributed by atoms with Crippen LogP contribution in [0.1, 0.15) is 18.4 Å². The van der Waals surface area contributed by atoms with Gasteiger partial charge in [0.1, 0.15) is 6.04 Å². The maximum Gasteiger partial charge on any atom is 0.319 e. The van der Waals surface area contributed by atoms with Crippen molar-refractivity contribution in [2.24, 2.45) is 0 Å². The summed E-state index contributed by atoms with van der Waals surface area (Å²) in [6.07, 6.45) is 4.52. The van der Waals surface area contributed by atoms with Crippen LogP contribution in [0, 0.1) is 6.92 Å². The zero-order valence-corrected chi connectivity index (χ0v) is 11.3. The van der Waals surface area contributed by atoms with Crippen molar-refractivity contribution in [2.45, 2.75) is 25.8 Å². The van der Waals surface area contributed by atoms with Gasteiger partial charge in [-0.1, -0.05) is 11.6 Å². The van der Waals surface area contributed by atoms with Gasteiger partial charge < -0.3 is 16.0 Å². The standard InChI is InChI=1S/C12H15ClN4O2/c1-7-8(13)5-14-6-10(7)17-12(19)16-9-3-2-4-15-11(9)18/h5-6,9H,2-4H2,1H3,(H,15,18)(H2,16,17,19)/t9-/m0/s1. The van der Waals surface area contributed by atoms with Crippen LogP contribution in [0.15, 0.2) is 12.4 Å². The lowest BCUT2D eigenvalue weighted by Gasteiger charge is -2.23. The summed E-state index contributed by atoms with van der Waals surface area (Å²) in [5.41, 5.74) is 1.26. The van der Waals surface area contributed by atoms with E-state index in [4.69, 9.17) is 11.6 Å². The average molecular weight is 283 g/mol. The Bertz CT molecular complexity index is 507. The largest absolute Gasteiger partial charge is 0.354 e. The summed E-state index contributed by atoms with van der Waals surface area (Å²) in [5.74, 6) is -0.151. The van der Waals surface area contributed by atoms with Crippen molar-refractivity contribution >= 4 is 29.2 Å². The Hall–Kier alpha value is -1.82. The van der Waals surface area contributed by atoms with E-state index in [1.165, 1.54) is 12.4 Å². The monoisotopic (exact) mass is 282 g/mol. The Morgan fingerprint density at radius 3 is 3.05 bits per heavy atom. The number of hydrogen-bond donors (Lipinski definition) is 3. The molecule has 1 atom stereocenters. The van der Waals surface area contributed by atoms with Crippen LogP contribution >= 0.6 is 11.6 Å². The molecule has 1 aliphatic rings. The molecule has 19 heavy (non-hydrogen) atoms. The molecule has 1 aliphatic heterocycles. The number of nitrogens with zero attached hydrogens (tertiary/aromatic N) is 1. The number of piperidine rings is 1. The number of halogens is 1. The Morgan fingerprint density at radius 1 is 1.53 bits per heavy atom. The highest BCUT2D eigenvalue weighted by atomic mass is 35.5. The van der Waals surface area contributed by atoms with Crippen LogP contribution in [0.4, 0.5) is 10.5 Å². The third-order valence-electron chi connectivity index (χ3n) is 2.99. The van der Waals surface area contributed by atoms with Crippen LogP contribution in [0.25, 0.3) is 0 Å². The Labute approximate surface area is 115 Å². The lowest BCUT2D eigenvalue weighted by atomic mass is 10.1. The number of pyridine rings is 1. The molecule has 2 rings (SSSR count). The molecule has 1 aromatic heterocycles. The van der Waals surface area contributed by atoms with E-state index in [9.17, 15) is 9.59 Å². The van der Waals surface area contributed by atoms with Gasteiger partial charge in [0.05, 0.1) is 16.9 Å². The number of urea groups is 1. The van der Waals surface area contributed by atoms with Crippen molar-refractivity contribution in [3.8, 4) is 0 Å². The predicted octanol–water partition coefficient (Wildman–Crippen LogP) is 1.44. The number of aromatic nitrogens is 1. The highest BCUT2D eigenvalue weighted by Crippen LogP contribution is 2.21. The number of rotatable bonds is 2. The molecule has 7 heteroatoms. The van der Waals surface area contributed by atoms with Crippen molar-refractivity contribution in [3.63, 3.8) is 0 Å². The first-order valence-electron chi connectivity index (χ1n) is 6.03. The Balaban J connectivity index is 1.97. The van der Waals surface area contributed by atoms with Gasteiger partial charge in [-0.05, 0) is 25.3 Å². The molecule has 1 fully saturated rings. The molecular formula is C12H15ClN4O2. The maximum absolute atomic E-state index is 11.8. The number of nitrogens with one attached hydrogen (secondary N) is 3. The van der Waals surface area contributed by atoms with E-state index in [-0.39, 0.29) is 5.91 Å². The van der Waals surface area contributed by atoms with Crippen LogP contribution in [0.2, 0.25) is 5.02 Å². The van der Waals surface area contributed by atoms with E-state index in [0.29, 0.717) is 23.7 Å². The minimum Gasteiger partial charge on any atom is -0.354 e. The zero-order chi connectivity index (χ0) is 13.8. The lowest BCUT2D eigenvalue weighted by Crippen LogP contribution is -2.51. The molecule has 3 amide bonds. The third-order valence-corrected chi connectivity index (χ3v) is 3.37. The molecule has 1 saturated heterocycles. The maximum atomic E-state index is 11.8.